The number of hydrogen-bond acceptors (Lipinski definition) is 2. The van der Waals surface area contributed by atoms with E-state index in [1.807, 2.05) is 30.4 Å². The second-order valence-corrected chi connectivity index (χ2v) is 5.91. The van der Waals surface area contributed by atoms with Gasteiger partial charge in [-0.1, -0.05) is 56.0 Å². The van der Waals surface area contributed by atoms with Crippen LogP contribution in [0, 0.1) is 0 Å². The number of ether oxygens (including phenoxy) is 1. The summed E-state index contributed by atoms with van der Waals surface area (Å²) in [5, 5.41) is 0. The summed E-state index contributed by atoms with van der Waals surface area (Å²) in [5.74, 6) is -0.234. The number of carbonyl (C=O) groups excluding carboxylic acids is 1. The predicted octanol–water partition coefficient (Wildman–Crippen LogP) is 6.09. The minimum atomic E-state index is -0.234. The van der Waals surface area contributed by atoms with E-state index < -0.39 is 0 Å². The lowest BCUT2D eigenvalue weighted by molar-refractivity contribution is 0.0283. The SMILES string of the molecule is C=CCCCCCCCCC(CC=C)OC(=O)c1ccccc1. The van der Waals surface area contributed by atoms with Crippen LogP contribution in [0.1, 0.15) is 68.1 Å². The van der Waals surface area contributed by atoms with Gasteiger partial charge in [0.2, 0.25) is 0 Å². The zero-order chi connectivity index (χ0) is 16.8. The van der Waals surface area contributed by atoms with E-state index in [1.54, 1.807) is 12.1 Å². The minimum Gasteiger partial charge on any atom is -0.458 e. The van der Waals surface area contributed by atoms with Gasteiger partial charge in [-0.15, -0.1) is 13.2 Å². The molecule has 0 aliphatic carbocycles. The van der Waals surface area contributed by atoms with Crippen molar-refractivity contribution in [2.45, 2.75) is 63.9 Å². The van der Waals surface area contributed by atoms with Crippen LogP contribution in [0.4, 0.5) is 0 Å². The zero-order valence-corrected chi connectivity index (χ0v) is 14.2. The number of unbranched alkanes of at least 4 members (excludes halogenated alkanes) is 6. The Morgan fingerprint density at radius 3 is 2.26 bits per heavy atom. The third kappa shape index (κ3) is 9.02. The molecule has 0 aromatic heterocycles. The van der Waals surface area contributed by atoms with Gasteiger partial charge in [-0.05, 0) is 37.8 Å². The quantitative estimate of drug-likeness (QED) is 0.250. The van der Waals surface area contributed by atoms with Crippen LogP contribution in [0.2, 0.25) is 0 Å². The van der Waals surface area contributed by atoms with Gasteiger partial charge in [0.15, 0.2) is 0 Å². The first kappa shape index (κ1) is 19.2. The van der Waals surface area contributed by atoms with E-state index in [9.17, 15) is 4.79 Å². The van der Waals surface area contributed by atoms with E-state index >= 15 is 0 Å². The van der Waals surface area contributed by atoms with Crippen LogP contribution < -0.4 is 0 Å². The molecule has 1 rings (SSSR count). The molecule has 126 valence electrons. The predicted molar refractivity (Wildman–Crippen MR) is 97.6 cm³/mol. The van der Waals surface area contributed by atoms with Crippen molar-refractivity contribution in [1.29, 1.82) is 0 Å². The van der Waals surface area contributed by atoms with Crippen molar-refractivity contribution in [2.24, 2.45) is 0 Å². The van der Waals surface area contributed by atoms with Crippen molar-refractivity contribution in [1.82, 2.24) is 0 Å². The molecule has 2 nitrogen and oxygen atoms in total. The van der Waals surface area contributed by atoms with Crippen molar-refractivity contribution in [3.05, 3.63) is 61.2 Å². The lowest BCUT2D eigenvalue weighted by Crippen LogP contribution is -2.17. The summed E-state index contributed by atoms with van der Waals surface area (Å²) in [7, 11) is 0. The third-order valence-corrected chi connectivity index (χ3v) is 3.90. The highest BCUT2D eigenvalue weighted by Crippen LogP contribution is 2.15. The summed E-state index contributed by atoms with van der Waals surface area (Å²) in [6.45, 7) is 7.51. The van der Waals surface area contributed by atoms with Crippen molar-refractivity contribution < 1.29 is 9.53 Å². The molecule has 0 N–H and O–H groups in total. The molecule has 1 atom stereocenters. The van der Waals surface area contributed by atoms with Gasteiger partial charge in [0.1, 0.15) is 6.10 Å². The smallest absolute Gasteiger partial charge is 0.338 e. The van der Waals surface area contributed by atoms with E-state index in [0.29, 0.717) is 5.56 Å². The standard InChI is InChI=1S/C21H30O2/c1-3-5-6-7-8-9-10-14-18-20(15-4-2)23-21(22)19-16-12-11-13-17-19/h3-4,11-13,16-17,20H,1-2,5-10,14-15,18H2. The van der Waals surface area contributed by atoms with Gasteiger partial charge in [-0.25, -0.2) is 4.79 Å². The Balaban J connectivity index is 2.23. The van der Waals surface area contributed by atoms with Crippen molar-refractivity contribution >= 4 is 5.97 Å². The van der Waals surface area contributed by atoms with E-state index in [1.165, 1.54) is 32.1 Å². The first-order chi connectivity index (χ1) is 11.3. The molecule has 0 saturated carbocycles. The highest BCUT2D eigenvalue weighted by molar-refractivity contribution is 5.89. The third-order valence-electron chi connectivity index (χ3n) is 3.90. The molecule has 23 heavy (non-hydrogen) atoms. The largest absolute Gasteiger partial charge is 0.458 e. The van der Waals surface area contributed by atoms with Crippen LogP contribution in [-0.2, 0) is 4.74 Å². The maximum atomic E-state index is 12.1. The highest BCUT2D eigenvalue weighted by atomic mass is 16.5. The number of esters is 1. The van der Waals surface area contributed by atoms with Crippen molar-refractivity contribution in [3.63, 3.8) is 0 Å². The van der Waals surface area contributed by atoms with Crippen molar-refractivity contribution in [3.8, 4) is 0 Å². The fourth-order valence-electron chi connectivity index (χ4n) is 2.57. The molecule has 1 aromatic carbocycles. The van der Waals surface area contributed by atoms with E-state index in [4.69, 9.17) is 4.74 Å². The molecule has 0 aliphatic rings. The topological polar surface area (TPSA) is 26.3 Å². The first-order valence-corrected chi connectivity index (χ1v) is 8.75. The van der Waals surface area contributed by atoms with Crippen LogP contribution in [0.3, 0.4) is 0 Å². The lowest BCUT2D eigenvalue weighted by Gasteiger charge is -2.16. The first-order valence-electron chi connectivity index (χ1n) is 8.75. The van der Waals surface area contributed by atoms with E-state index in [2.05, 4.69) is 13.2 Å². The maximum Gasteiger partial charge on any atom is 0.338 e. The van der Waals surface area contributed by atoms with Gasteiger partial charge < -0.3 is 4.74 Å². The summed E-state index contributed by atoms with van der Waals surface area (Å²) in [4.78, 5) is 12.1. The van der Waals surface area contributed by atoms with Gasteiger partial charge in [0.05, 0.1) is 5.56 Å². The summed E-state index contributed by atoms with van der Waals surface area (Å²) >= 11 is 0. The average Bonchev–Trinajstić information content (AvgIpc) is 2.58. The molecule has 1 aromatic rings. The molecule has 0 heterocycles. The molecule has 0 saturated heterocycles. The summed E-state index contributed by atoms with van der Waals surface area (Å²) in [6.07, 6.45) is 13.9. The maximum absolute atomic E-state index is 12.1. The van der Waals surface area contributed by atoms with E-state index in [-0.39, 0.29) is 12.1 Å². The molecule has 1 unspecified atom stereocenters. The number of allylic oxidation sites excluding steroid dienone is 1. The van der Waals surface area contributed by atoms with Gasteiger partial charge in [0.25, 0.3) is 0 Å². The fourth-order valence-corrected chi connectivity index (χ4v) is 2.57. The molecule has 0 aliphatic heterocycles. The number of hydrogen-bond donors (Lipinski definition) is 0. The Morgan fingerprint density at radius 1 is 0.957 bits per heavy atom. The molecular weight excluding hydrogens is 284 g/mol. The summed E-state index contributed by atoms with van der Waals surface area (Å²) in [6, 6.07) is 9.18. The Hall–Kier alpha value is -1.83. The molecule has 0 fully saturated rings. The Bertz CT molecular complexity index is 450. The van der Waals surface area contributed by atoms with E-state index in [0.717, 1.165) is 25.7 Å². The van der Waals surface area contributed by atoms with Gasteiger partial charge >= 0.3 is 5.97 Å². The molecule has 0 amide bonds. The lowest BCUT2D eigenvalue weighted by atomic mass is 10.0. The molecule has 0 spiro atoms. The molecular formula is C21H30O2. The molecule has 0 bridgehead atoms. The monoisotopic (exact) mass is 314 g/mol. The second-order valence-electron chi connectivity index (χ2n) is 5.91. The summed E-state index contributed by atoms with van der Waals surface area (Å²) < 4.78 is 5.62. The number of benzene rings is 1. The van der Waals surface area contributed by atoms with Crippen molar-refractivity contribution in [2.75, 3.05) is 0 Å². The average molecular weight is 314 g/mol. The Morgan fingerprint density at radius 2 is 1.61 bits per heavy atom. The fraction of sp³-hybridized carbons (Fsp3) is 0.476. The minimum absolute atomic E-state index is 0.0547. The highest BCUT2D eigenvalue weighted by Gasteiger charge is 2.14. The Labute approximate surface area is 141 Å². The second kappa shape index (κ2) is 12.7. The molecule has 2 heteroatoms. The van der Waals surface area contributed by atoms with Gasteiger partial charge in [-0.3, -0.25) is 0 Å². The Kier molecular flexibility index (Phi) is 10.6. The van der Waals surface area contributed by atoms with Crippen LogP contribution in [0.15, 0.2) is 55.6 Å². The van der Waals surface area contributed by atoms with Crippen LogP contribution >= 0.6 is 0 Å². The normalized spacial score (nSPS) is 11.7. The van der Waals surface area contributed by atoms with Crippen LogP contribution in [0.5, 0.6) is 0 Å². The van der Waals surface area contributed by atoms with Crippen LogP contribution in [-0.4, -0.2) is 12.1 Å². The molecule has 0 radical (unpaired) electrons. The number of carbonyl (C=O) groups is 1. The zero-order valence-electron chi connectivity index (χ0n) is 14.2. The number of rotatable bonds is 13. The van der Waals surface area contributed by atoms with Gasteiger partial charge in [0, 0.05) is 6.42 Å². The van der Waals surface area contributed by atoms with Crippen LogP contribution in [0.25, 0.3) is 0 Å². The summed E-state index contributed by atoms with van der Waals surface area (Å²) in [5.41, 5.74) is 0.615. The van der Waals surface area contributed by atoms with Gasteiger partial charge in [-0.2, -0.15) is 0 Å².